The highest BCUT2D eigenvalue weighted by atomic mass is 35.5. The van der Waals surface area contributed by atoms with Crippen LogP contribution in [-0.2, 0) is 6.54 Å². The van der Waals surface area contributed by atoms with E-state index < -0.39 is 0 Å². The van der Waals surface area contributed by atoms with Crippen LogP contribution in [0.15, 0.2) is 48.7 Å². The van der Waals surface area contributed by atoms with Gasteiger partial charge in [0, 0.05) is 54.6 Å². The minimum atomic E-state index is -0.212. The van der Waals surface area contributed by atoms with Crippen molar-refractivity contribution >= 4 is 22.9 Å². The Bertz CT molecular complexity index is 889. The predicted molar refractivity (Wildman–Crippen MR) is 99.6 cm³/mol. The van der Waals surface area contributed by atoms with Crippen LogP contribution < -0.4 is 14.4 Å². The summed E-state index contributed by atoms with van der Waals surface area (Å²) in [5.74, 6) is 0. The van der Waals surface area contributed by atoms with Gasteiger partial charge in [-0.15, -0.1) is 4.68 Å². The summed E-state index contributed by atoms with van der Waals surface area (Å²) in [5.41, 5.74) is 2.04. The first-order valence-electron chi connectivity index (χ1n) is 8.98. The molecule has 26 heavy (non-hydrogen) atoms. The zero-order valence-corrected chi connectivity index (χ0v) is 15.3. The Hall–Kier alpha value is -2.31. The van der Waals surface area contributed by atoms with Crippen LogP contribution in [0.4, 0.5) is 5.69 Å². The molecule has 0 bridgehead atoms. The standard InChI is InChI=1S/C19H22ClN5O/c20-16-5-3-6-17(15-16)23-13-11-22(12-14-23)8-4-10-25-18-7-1-2-9-24(18)19(26)21-25/h1-3,5-7,9,15H,4,8,10-14H2. The highest BCUT2D eigenvalue weighted by Gasteiger charge is 2.18. The van der Waals surface area contributed by atoms with E-state index in [1.54, 1.807) is 10.6 Å². The first-order chi connectivity index (χ1) is 12.7. The molecular formula is C19H22ClN5O. The summed E-state index contributed by atoms with van der Waals surface area (Å²) in [6.07, 6.45) is 2.74. The van der Waals surface area contributed by atoms with Gasteiger partial charge in [-0.05, 0) is 30.7 Å². The highest BCUT2D eigenvalue weighted by Crippen LogP contribution is 2.20. The van der Waals surface area contributed by atoms with E-state index in [0.717, 1.165) is 56.4 Å². The summed E-state index contributed by atoms with van der Waals surface area (Å²) in [4.78, 5) is 4.85. The Morgan fingerprint density at radius 1 is 1.04 bits per heavy atom. The van der Waals surface area contributed by atoms with Crippen LogP contribution in [0.5, 0.6) is 6.01 Å². The first kappa shape index (κ1) is 17.1. The number of pyridine rings is 1. The van der Waals surface area contributed by atoms with Crippen molar-refractivity contribution in [2.24, 2.45) is 0 Å². The lowest BCUT2D eigenvalue weighted by atomic mass is 10.2. The molecule has 0 amide bonds. The van der Waals surface area contributed by atoms with Crippen molar-refractivity contribution in [2.75, 3.05) is 37.6 Å². The maximum absolute atomic E-state index is 11.9. The maximum Gasteiger partial charge on any atom is 0.264 e. The van der Waals surface area contributed by atoms with Crippen LogP contribution in [0.1, 0.15) is 6.42 Å². The number of nitrogens with zero attached hydrogens (tertiary/aromatic N) is 5. The average molecular weight is 372 g/mol. The van der Waals surface area contributed by atoms with Crippen LogP contribution in [0.2, 0.25) is 5.02 Å². The molecule has 7 heteroatoms. The third kappa shape index (κ3) is 3.61. The van der Waals surface area contributed by atoms with Gasteiger partial charge in [0.05, 0.1) is 6.20 Å². The van der Waals surface area contributed by atoms with Crippen molar-refractivity contribution in [3.05, 3.63) is 53.7 Å². The average Bonchev–Trinajstić information content (AvgIpc) is 2.99. The normalized spacial score (nSPS) is 15.7. The van der Waals surface area contributed by atoms with Crippen LogP contribution in [0.25, 0.3) is 5.65 Å². The summed E-state index contributed by atoms with van der Waals surface area (Å²) < 4.78 is 3.40. The summed E-state index contributed by atoms with van der Waals surface area (Å²) in [6.45, 7) is 5.85. The summed E-state index contributed by atoms with van der Waals surface area (Å²) >= 11 is 6.09. The molecular weight excluding hydrogens is 350 g/mol. The van der Waals surface area contributed by atoms with Gasteiger partial charge in [-0.2, -0.15) is 0 Å². The summed E-state index contributed by atoms with van der Waals surface area (Å²) in [5, 5.41) is 16.8. The fraction of sp³-hybridized carbons (Fsp3) is 0.368. The van der Waals surface area contributed by atoms with E-state index in [4.69, 9.17) is 11.6 Å². The molecule has 0 N–H and O–H groups in total. The molecule has 0 spiro atoms. The molecule has 3 aromatic rings. The molecule has 1 fully saturated rings. The number of halogens is 1. The molecule has 1 aliphatic rings. The molecule has 1 saturated heterocycles. The number of fused-ring (bicyclic) bond motifs is 1. The molecule has 4 rings (SSSR count). The molecule has 0 atom stereocenters. The molecule has 2 aromatic heterocycles. The number of piperazine rings is 1. The third-order valence-electron chi connectivity index (χ3n) is 4.91. The van der Waals surface area contributed by atoms with Crippen molar-refractivity contribution < 1.29 is 9.51 Å². The Morgan fingerprint density at radius 2 is 1.88 bits per heavy atom. The smallest absolute Gasteiger partial charge is 0.264 e. The van der Waals surface area contributed by atoms with E-state index >= 15 is 0 Å². The van der Waals surface area contributed by atoms with Crippen LogP contribution >= 0.6 is 11.6 Å². The molecule has 0 saturated carbocycles. The van der Waals surface area contributed by atoms with Gasteiger partial charge in [-0.1, -0.05) is 23.7 Å². The van der Waals surface area contributed by atoms with E-state index in [-0.39, 0.29) is 6.01 Å². The Labute approximate surface area is 157 Å². The molecule has 0 aliphatic carbocycles. The largest absolute Gasteiger partial charge is 0.817 e. The van der Waals surface area contributed by atoms with Gasteiger partial charge in [-0.3, -0.25) is 4.90 Å². The second-order valence-corrected chi connectivity index (χ2v) is 7.03. The van der Waals surface area contributed by atoms with Crippen LogP contribution in [0, 0.1) is 0 Å². The van der Waals surface area contributed by atoms with Crippen molar-refractivity contribution in [3.63, 3.8) is 0 Å². The van der Waals surface area contributed by atoms with Crippen LogP contribution in [0.3, 0.4) is 0 Å². The zero-order valence-electron chi connectivity index (χ0n) is 14.6. The summed E-state index contributed by atoms with van der Waals surface area (Å²) in [6, 6.07) is 13.5. The van der Waals surface area contributed by atoms with Gasteiger partial charge in [0.15, 0.2) is 0 Å². The molecule has 136 valence electrons. The highest BCUT2D eigenvalue weighted by molar-refractivity contribution is 6.30. The zero-order chi connectivity index (χ0) is 17.9. The molecule has 1 aliphatic heterocycles. The predicted octanol–water partition coefficient (Wildman–Crippen LogP) is 1.56. The van der Waals surface area contributed by atoms with E-state index in [9.17, 15) is 5.11 Å². The van der Waals surface area contributed by atoms with Gasteiger partial charge in [-0.25, -0.2) is 4.40 Å². The molecule has 3 heterocycles. The third-order valence-corrected chi connectivity index (χ3v) is 5.14. The van der Waals surface area contributed by atoms with Crippen LogP contribution in [-0.4, -0.2) is 47.4 Å². The molecule has 6 nitrogen and oxygen atoms in total. The lowest BCUT2D eigenvalue weighted by molar-refractivity contribution is -0.586. The second-order valence-electron chi connectivity index (χ2n) is 6.60. The van der Waals surface area contributed by atoms with Gasteiger partial charge >= 0.3 is 0 Å². The minimum Gasteiger partial charge on any atom is -0.817 e. The van der Waals surface area contributed by atoms with E-state index in [2.05, 4.69) is 21.0 Å². The van der Waals surface area contributed by atoms with E-state index in [1.807, 2.05) is 41.1 Å². The fourth-order valence-electron chi connectivity index (χ4n) is 3.52. The quantitative estimate of drug-likeness (QED) is 0.639. The van der Waals surface area contributed by atoms with E-state index in [1.165, 1.54) is 5.69 Å². The SMILES string of the molecule is [O-]c1nn(CCCN2CCN(c3cccc(Cl)c3)CC2)c2cccc[n+]12. The lowest BCUT2D eigenvalue weighted by Gasteiger charge is -2.36. The van der Waals surface area contributed by atoms with Gasteiger partial charge < -0.3 is 10.0 Å². The number of hydrogen-bond acceptors (Lipinski definition) is 4. The van der Waals surface area contributed by atoms with Crippen molar-refractivity contribution in [2.45, 2.75) is 13.0 Å². The topological polar surface area (TPSA) is 51.5 Å². The Kier molecular flexibility index (Phi) is 4.95. The number of rotatable bonds is 5. The second kappa shape index (κ2) is 7.51. The van der Waals surface area contributed by atoms with E-state index in [0.29, 0.717) is 0 Å². The molecule has 0 unspecified atom stereocenters. The number of benzene rings is 1. The monoisotopic (exact) mass is 371 g/mol. The number of aromatic nitrogens is 3. The lowest BCUT2D eigenvalue weighted by Crippen LogP contribution is -2.46. The first-order valence-corrected chi connectivity index (χ1v) is 9.35. The van der Waals surface area contributed by atoms with Crippen molar-refractivity contribution in [1.82, 2.24) is 14.7 Å². The summed E-state index contributed by atoms with van der Waals surface area (Å²) in [7, 11) is 0. The minimum absolute atomic E-state index is 0.212. The maximum atomic E-state index is 11.9. The molecule has 1 aromatic carbocycles. The van der Waals surface area contributed by atoms with Crippen molar-refractivity contribution in [3.8, 4) is 6.01 Å². The van der Waals surface area contributed by atoms with Gasteiger partial charge in [0.2, 0.25) is 6.01 Å². The molecule has 0 radical (unpaired) electrons. The number of aryl methyl sites for hydroxylation is 1. The Morgan fingerprint density at radius 3 is 2.69 bits per heavy atom. The Balaban J connectivity index is 1.28. The van der Waals surface area contributed by atoms with Gasteiger partial charge in [0.1, 0.15) is 6.54 Å². The number of anilines is 1. The number of hydrogen-bond donors (Lipinski definition) is 0. The fourth-order valence-corrected chi connectivity index (χ4v) is 3.70. The van der Waals surface area contributed by atoms with Crippen molar-refractivity contribution in [1.29, 1.82) is 0 Å². The van der Waals surface area contributed by atoms with Gasteiger partial charge in [0.25, 0.3) is 5.65 Å².